The number of carboxylic acid groups (broad SMARTS) is 1. The molecule has 1 heterocycles. The van der Waals surface area contributed by atoms with Crippen LogP contribution in [0.2, 0.25) is 0 Å². The van der Waals surface area contributed by atoms with E-state index in [4.69, 9.17) is 4.42 Å². The lowest BCUT2D eigenvalue weighted by Gasteiger charge is -2.17. The number of rotatable bonds is 9. The number of carbonyl (C=O) groups excluding carboxylic acids is 1. The molecule has 0 saturated heterocycles. The van der Waals surface area contributed by atoms with E-state index < -0.39 is 12.0 Å². The van der Waals surface area contributed by atoms with Gasteiger partial charge in [0.25, 0.3) is 0 Å². The zero-order valence-electron chi connectivity index (χ0n) is 18.4. The molecule has 168 valence electrons. The van der Waals surface area contributed by atoms with E-state index in [0.29, 0.717) is 5.76 Å². The van der Waals surface area contributed by atoms with Crippen molar-refractivity contribution in [2.45, 2.75) is 31.2 Å². The molecule has 5 nitrogen and oxygen atoms in total. The summed E-state index contributed by atoms with van der Waals surface area (Å²) in [6.45, 7) is 3.76. The van der Waals surface area contributed by atoms with Gasteiger partial charge in [0.2, 0.25) is 5.78 Å². The number of carboxylic acids is 1. The first-order chi connectivity index (χ1) is 15.9. The summed E-state index contributed by atoms with van der Waals surface area (Å²) >= 11 is 1.32. The SMILES string of the molecule is CC(C)[C@@H](NSc1ccc(-c2ccc(CC(=O)c3cc4ccccc4o3)cc2)cc1)C(=O)O. The third-order valence-electron chi connectivity index (χ3n) is 5.44. The molecule has 1 atom stereocenters. The summed E-state index contributed by atoms with van der Waals surface area (Å²) < 4.78 is 8.70. The Hall–Kier alpha value is -3.35. The first kappa shape index (κ1) is 22.8. The van der Waals surface area contributed by atoms with Crippen LogP contribution < -0.4 is 4.72 Å². The number of ketones is 1. The minimum atomic E-state index is -0.854. The predicted molar refractivity (Wildman–Crippen MR) is 131 cm³/mol. The van der Waals surface area contributed by atoms with E-state index in [1.807, 2.05) is 86.6 Å². The number of benzene rings is 3. The molecule has 3 aromatic carbocycles. The molecular formula is C27H25NO4S. The lowest BCUT2D eigenvalue weighted by Crippen LogP contribution is -2.36. The molecule has 0 unspecified atom stereocenters. The average Bonchev–Trinajstić information content (AvgIpc) is 3.24. The largest absolute Gasteiger partial charge is 0.480 e. The van der Waals surface area contributed by atoms with E-state index >= 15 is 0 Å². The fourth-order valence-corrected chi connectivity index (χ4v) is 4.43. The van der Waals surface area contributed by atoms with Gasteiger partial charge < -0.3 is 9.52 Å². The Morgan fingerprint density at radius 3 is 2.18 bits per heavy atom. The number of furan rings is 1. The summed E-state index contributed by atoms with van der Waals surface area (Å²) in [5.41, 5.74) is 3.74. The second-order valence-corrected chi connectivity index (χ2v) is 9.16. The summed E-state index contributed by atoms with van der Waals surface area (Å²) in [7, 11) is 0. The molecule has 4 aromatic rings. The molecular weight excluding hydrogens is 434 g/mol. The van der Waals surface area contributed by atoms with Crippen molar-refractivity contribution in [1.82, 2.24) is 4.72 Å². The number of para-hydroxylation sites is 1. The highest BCUT2D eigenvalue weighted by Gasteiger charge is 2.21. The summed E-state index contributed by atoms with van der Waals surface area (Å²) in [4.78, 5) is 24.9. The van der Waals surface area contributed by atoms with Gasteiger partial charge in [0.1, 0.15) is 11.6 Å². The Morgan fingerprint density at radius 1 is 0.939 bits per heavy atom. The highest BCUT2D eigenvalue weighted by atomic mass is 32.2. The fraction of sp³-hybridized carbons (Fsp3) is 0.185. The molecule has 0 aliphatic heterocycles. The van der Waals surface area contributed by atoms with Crippen molar-refractivity contribution in [3.63, 3.8) is 0 Å². The number of Topliss-reactive ketones (excluding diaryl/α,β-unsaturated/α-hetero) is 1. The number of nitrogens with one attached hydrogen (secondary N) is 1. The molecule has 1 aromatic heterocycles. The first-order valence-electron chi connectivity index (χ1n) is 10.8. The molecule has 0 amide bonds. The molecule has 33 heavy (non-hydrogen) atoms. The normalized spacial score (nSPS) is 12.2. The minimum absolute atomic E-state index is 0.00786. The standard InChI is InChI=1S/C27H25NO4S/c1-17(2)26(27(30)31)28-33-22-13-11-20(12-14-22)19-9-7-18(8-10-19)15-23(29)25-16-21-5-3-4-6-24(21)32-25/h3-14,16-17,26,28H,15H2,1-2H3,(H,30,31)/t26-/m1/s1. The smallest absolute Gasteiger partial charge is 0.321 e. The number of carbonyl (C=O) groups is 2. The Labute approximate surface area is 197 Å². The van der Waals surface area contributed by atoms with Gasteiger partial charge in [-0.3, -0.25) is 9.59 Å². The number of fused-ring (bicyclic) bond motifs is 1. The van der Waals surface area contributed by atoms with Crippen LogP contribution >= 0.6 is 11.9 Å². The van der Waals surface area contributed by atoms with Gasteiger partial charge in [0.15, 0.2) is 5.76 Å². The lowest BCUT2D eigenvalue weighted by atomic mass is 10.0. The Morgan fingerprint density at radius 2 is 1.58 bits per heavy atom. The highest BCUT2D eigenvalue weighted by Crippen LogP contribution is 2.25. The summed E-state index contributed by atoms with van der Waals surface area (Å²) in [5, 5.41) is 10.2. The molecule has 6 heteroatoms. The fourth-order valence-electron chi connectivity index (χ4n) is 3.53. The van der Waals surface area contributed by atoms with Crippen molar-refractivity contribution < 1.29 is 19.1 Å². The van der Waals surface area contributed by atoms with Crippen LogP contribution in [0.4, 0.5) is 0 Å². The predicted octanol–water partition coefficient (Wildman–Crippen LogP) is 6.23. The Kier molecular flexibility index (Phi) is 6.96. The number of hydrogen-bond acceptors (Lipinski definition) is 5. The highest BCUT2D eigenvalue weighted by molar-refractivity contribution is 7.97. The summed E-state index contributed by atoms with van der Waals surface area (Å²) in [6.07, 6.45) is 0.280. The van der Waals surface area contributed by atoms with E-state index in [2.05, 4.69) is 4.72 Å². The van der Waals surface area contributed by atoms with E-state index in [1.165, 1.54) is 11.9 Å². The maximum atomic E-state index is 12.6. The zero-order chi connectivity index (χ0) is 23.4. The maximum Gasteiger partial charge on any atom is 0.321 e. The second kappa shape index (κ2) is 10.1. The molecule has 0 fully saturated rings. The van der Waals surface area contributed by atoms with Gasteiger partial charge in [-0.2, -0.15) is 0 Å². The van der Waals surface area contributed by atoms with Crippen molar-refractivity contribution in [3.8, 4) is 11.1 Å². The van der Waals surface area contributed by atoms with E-state index in [9.17, 15) is 14.7 Å². The first-order valence-corrected chi connectivity index (χ1v) is 11.6. The average molecular weight is 460 g/mol. The van der Waals surface area contributed by atoms with Crippen LogP contribution in [0.25, 0.3) is 22.1 Å². The van der Waals surface area contributed by atoms with Gasteiger partial charge >= 0.3 is 5.97 Å². The molecule has 4 rings (SSSR count). The lowest BCUT2D eigenvalue weighted by molar-refractivity contribution is -0.139. The van der Waals surface area contributed by atoms with Crippen LogP contribution in [0, 0.1) is 5.92 Å². The number of aliphatic carboxylic acids is 1. The van der Waals surface area contributed by atoms with Crippen LogP contribution in [0.1, 0.15) is 30.0 Å². The quantitative estimate of drug-likeness (QED) is 0.228. The zero-order valence-corrected chi connectivity index (χ0v) is 19.3. The van der Waals surface area contributed by atoms with Gasteiger partial charge in [-0.15, -0.1) is 0 Å². The van der Waals surface area contributed by atoms with Gasteiger partial charge in [-0.25, -0.2) is 4.72 Å². The Bertz CT molecular complexity index is 1230. The van der Waals surface area contributed by atoms with Crippen LogP contribution in [-0.4, -0.2) is 22.9 Å². The van der Waals surface area contributed by atoms with Crippen molar-refractivity contribution in [2.24, 2.45) is 5.92 Å². The van der Waals surface area contributed by atoms with Crippen LogP contribution in [0.3, 0.4) is 0 Å². The van der Waals surface area contributed by atoms with Crippen molar-refractivity contribution in [3.05, 3.63) is 90.2 Å². The molecule has 0 spiro atoms. The molecule has 0 saturated carbocycles. The van der Waals surface area contributed by atoms with Gasteiger partial charge in [0.05, 0.1) is 0 Å². The molecule has 2 N–H and O–H groups in total. The van der Waals surface area contributed by atoms with Crippen molar-refractivity contribution in [1.29, 1.82) is 0 Å². The molecule has 0 aliphatic rings. The monoisotopic (exact) mass is 459 g/mol. The van der Waals surface area contributed by atoms with Crippen LogP contribution in [0.15, 0.2) is 88.2 Å². The van der Waals surface area contributed by atoms with Crippen LogP contribution in [0.5, 0.6) is 0 Å². The Balaban J connectivity index is 1.38. The van der Waals surface area contributed by atoms with E-state index in [-0.39, 0.29) is 18.1 Å². The third-order valence-corrected chi connectivity index (χ3v) is 6.32. The van der Waals surface area contributed by atoms with E-state index in [1.54, 1.807) is 6.07 Å². The third kappa shape index (κ3) is 5.53. The van der Waals surface area contributed by atoms with Gasteiger partial charge in [-0.1, -0.05) is 68.4 Å². The summed E-state index contributed by atoms with van der Waals surface area (Å²) in [5.74, 6) is -0.530. The topological polar surface area (TPSA) is 79.5 Å². The molecule has 0 bridgehead atoms. The van der Waals surface area contributed by atoms with Crippen molar-refractivity contribution >= 4 is 34.7 Å². The van der Waals surface area contributed by atoms with Gasteiger partial charge in [0, 0.05) is 16.7 Å². The minimum Gasteiger partial charge on any atom is -0.480 e. The summed E-state index contributed by atoms with van der Waals surface area (Å²) in [6, 6.07) is 24.6. The molecule has 0 aliphatic carbocycles. The van der Waals surface area contributed by atoms with Crippen molar-refractivity contribution in [2.75, 3.05) is 0 Å². The molecule has 0 radical (unpaired) electrons. The van der Waals surface area contributed by atoms with Crippen LogP contribution in [-0.2, 0) is 11.2 Å². The number of hydrogen-bond donors (Lipinski definition) is 2. The second-order valence-electron chi connectivity index (χ2n) is 8.25. The van der Waals surface area contributed by atoms with E-state index in [0.717, 1.165) is 32.6 Å². The maximum absolute atomic E-state index is 12.6. The van der Waals surface area contributed by atoms with Gasteiger partial charge in [-0.05, 0) is 58.8 Å².